The van der Waals surface area contributed by atoms with Gasteiger partial charge in [0.05, 0.1) is 0 Å². The lowest BCUT2D eigenvalue weighted by Gasteiger charge is -2.37. The quantitative estimate of drug-likeness (QED) is 0.861. The number of amides is 1. The van der Waals surface area contributed by atoms with Crippen molar-refractivity contribution >= 4 is 5.91 Å². The van der Waals surface area contributed by atoms with Crippen molar-refractivity contribution in [3.8, 4) is 0 Å². The molecule has 4 nitrogen and oxygen atoms in total. The van der Waals surface area contributed by atoms with Gasteiger partial charge in [-0.3, -0.25) is 9.69 Å². The van der Waals surface area contributed by atoms with E-state index in [0.29, 0.717) is 11.8 Å². The van der Waals surface area contributed by atoms with E-state index >= 15 is 0 Å². The zero-order valence-corrected chi connectivity index (χ0v) is 14.8. The number of piperidine rings is 1. The molecule has 0 bridgehead atoms. The van der Waals surface area contributed by atoms with Crippen LogP contribution in [0.3, 0.4) is 0 Å². The summed E-state index contributed by atoms with van der Waals surface area (Å²) < 4.78 is 5.62. The molecule has 4 heteroatoms. The molecule has 1 saturated heterocycles. The van der Waals surface area contributed by atoms with Gasteiger partial charge in [-0.15, -0.1) is 0 Å². The molecule has 0 N–H and O–H groups in total. The standard InChI is InChI=1S/C20H26N2O2/c1-15-12-16(2)24-19(15)20(23)22-11-7-10-18(14-22)21(3)13-17-8-5-4-6-9-17/h4-6,8-9,12,18H,7,10-11,13-14H2,1-3H3/t18-/m0/s1. The maximum absolute atomic E-state index is 12.8. The first-order valence-corrected chi connectivity index (χ1v) is 8.65. The van der Waals surface area contributed by atoms with Gasteiger partial charge < -0.3 is 9.32 Å². The molecule has 0 saturated carbocycles. The summed E-state index contributed by atoms with van der Waals surface area (Å²) in [7, 11) is 2.15. The maximum Gasteiger partial charge on any atom is 0.289 e. The van der Waals surface area contributed by atoms with Crippen molar-refractivity contribution in [1.82, 2.24) is 9.80 Å². The molecule has 1 atom stereocenters. The molecule has 0 unspecified atom stereocenters. The van der Waals surface area contributed by atoms with Gasteiger partial charge in [-0.2, -0.15) is 0 Å². The summed E-state index contributed by atoms with van der Waals surface area (Å²) in [5.41, 5.74) is 2.23. The molecule has 1 aliphatic heterocycles. The highest BCUT2D eigenvalue weighted by Crippen LogP contribution is 2.21. The fourth-order valence-corrected chi connectivity index (χ4v) is 3.50. The molecule has 2 aromatic rings. The van der Waals surface area contributed by atoms with Crippen LogP contribution in [-0.2, 0) is 6.54 Å². The van der Waals surface area contributed by atoms with Crippen LogP contribution >= 0.6 is 0 Å². The highest BCUT2D eigenvalue weighted by atomic mass is 16.4. The van der Waals surface area contributed by atoms with Crippen LogP contribution in [0.5, 0.6) is 0 Å². The Hall–Kier alpha value is -2.07. The van der Waals surface area contributed by atoms with Gasteiger partial charge in [0.25, 0.3) is 5.91 Å². The third-order valence-electron chi connectivity index (χ3n) is 4.82. The Morgan fingerprint density at radius 3 is 2.71 bits per heavy atom. The molecule has 1 aliphatic rings. The minimum Gasteiger partial charge on any atom is -0.456 e. The van der Waals surface area contributed by atoms with E-state index in [1.54, 1.807) is 0 Å². The van der Waals surface area contributed by atoms with Gasteiger partial charge in [0.1, 0.15) is 5.76 Å². The highest BCUT2D eigenvalue weighted by Gasteiger charge is 2.29. The summed E-state index contributed by atoms with van der Waals surface area (Å²) in [5.74, 6) is 1.32. The topological polar surface area (TPSA) is 36.7 Å². The molecule has 0 radical (unpaired) electrons. The van der Waals surface area contributed by atoms with Crippen molar-refractivity contribution in [3.05, 3.63) is 59.0 Å². The third kappa shape index (κ3) is 3.70. The molecular weight excluding hydrogens is 300 g/mol. The van der Waals surface area contributed by atoms with Crippen LogP contribution in [0.4, 0.5) is 0 Å². The summed E-state index contributed by atoms with van der Waals surface area (Å²) in [6.07, 6.45) is 2.16. The number of furan rings is 1. The average molecular weight is 326 g/mol. The first-order valence-electron chi connectivity index (χ1n) is 8.65. The number of hydrogen-bond donors (Lipinski definition) is 0. The van der Waals surface area contributed by atoms with Crippen LogP contribution in [0, 0.1) is 13.8 Å². The highest BCUT2D eigenvalue weighted by molar-refractivity contribution is 5.93. The Labute approximate surface area is 144 Å². The van der Waals surface area contributed by atoms with Gasteiger partial charge in [0, 0.05) is 31.2 Å². The Morgan fingerprint density at radius 2 is 2.04 bits per heavy atom. The lowest BCUT2D eigenvalue weighted by Crippen LogP contribution is -2.48. The Balaban J connectivity index is 1.65. The van der Waals surface area contributed by atoms with Gasteiger partial charge in [0.2, 0.25) is 0 Å². The molecular formula is C20H26N2O2. The van der Waals surface area contributed by atoms with E-state index in [1.165, 1.54) is 5.56 Å². The number of rotatable bonds is 4. The molecule has 3 rings (SSSR count). The second kappa shape index (κ2) is 7.22. The number of likely N-dealkylation sites (tertiary alicyclic amines) is 1. The minimum atomic E-state index is 0.0263. The van der Waals surface area contributed by atoms with E-state index in [1.807, 2.05) is 30.9 Å². The monoisotopic (exact) mass is 326 g/mol. The SMILES string of the molecule is Cc1cc(C)c(C(=O)N2CCC[C@H](N(C)Cc3ccccc3)C2)o1. The number of nitrogens with zero attached hydrogens (tertiary/aromatic N) is 2. The summed E-state index contributed by atoms with van der Waals surface area (Å²) in [6.45, 7) is 6.31. The maximum atomic E-state index is 12.8. The van der Waals surface area contributed by atoms with Gasteiger partial charge in [-0.1, -0.05) is 30.3 Å². The van der Waals surface area contributed by atoms with E-state index in [2.05, 4.69) is 36.2 Å². The van der Waals surface area contributed by atoms with Crippen LogP contribution in [-0.4, -0.2) is 41.9 Å². The molecule has 1 aromatic heterocycles. The van der Waals surface area contributed by atoms with E-state index in [4.69, 9.17) is 4.42 Å². The molecule has 1 amide bonds. The van der Waals surface area contributed by atoms with Crippen molar-refractivity contribution in [2.45, 2.75) is 39.3 Å². The summed E-state index contributed by atoms with van der Waals surface area (Å²) in [4.78, 5) is 17.1. The van der Waals surface area contributed by atoms with Gasteiger partial charge in [0.15, 0.2) is 5.76 Å². The van der Waals surface area contributed by atoms with Crippen LogP contribution in [0.25, 0.3) is 0 Å². The van der Waals surface area contributed by atoms with Gasteiger partial charge in [-0.25, -0.2) is 0 Å². The van der Waals surface area contributed by atoms with Crippen LogP contribution in [0.15, 0.2) is 40.8 Å². The molecule has 1 fully saturated rings. The van der Waals surface area contributed by atoms with Crippen molar-refractivity contribution in [2.75, 3.05) is 20.1 Å². The number of likely N-dealkylation sites (N-methyl/N-ethyl adjacent to an activating group) is 1. The van der Waals surface area contributed by atoms with Gasteiger partial charge in [-0.05, 0) is 45.4 Å². The predicted octanol–water partition coefficient (Wildman–Crippen LogP) is 3.63. The normalized spacial score (nSPS) is 18.2. The summed E-state index contributed by atoms with van der Waals surface area (Å²) in [6, 6.07) is 12.8. The third-order valence-corrected chi connectivity index (χ3v) is 4.82. The average Bonchev–Trinajstić information content (AvgIpc) is 2.93. The Bertz CT molecular complexity index is 693. The number of aryl methyl sites for hydroxylation is 2. The number of carbonyl (C=O) groups is 1. The summed E-state index contributed by atoms with van der Waals surface area (Å²) in [5, 5.41) is 0. The molecule has 24 heavy (non-hydrogen) atoms. The largest absolute Gasteiger partial charge is 0.456 e. The van der Waals surface area contributed by atoms with Crippen molar-refractivity contribution in [3.63, 3.8) is 0 Å². The Morgan fingerprint density at radius 1 is 1.29 bits per heavy atom. The van der Waals surface area contributed by atoms with Crippen LogP contribution in [0.2, 0.25) is 0 Å². The lowest BCUT2D eigenvalue weighted by molar-refractivity contribution is 0.0570. The predicted molar refractivity (Wildman–Crippen MR) is 95.0 cm³/mol. The molecule has 1 aromatic carbocycles. The fourth-order valence-electron chi connectivity index (χ4n) is 3.50. The molecule has 0 spiro atoms. The summed E-state index contributed by atoms with van der Waals surface area (Å²) >= 11 is 0. The van der Waals surface area contributed by atoms with Crippen molar-refractivity contribution in [2.24, 2.45) is 0 Å². The molecule has 2 heterocycles. The Kier molecular flexibility index (Phi) is 5.05. The zero-order chi connectivity index (χ0) is 17.1. The van der Waals surface area contributed by atoms with Crippen molar-refractivity contribution in [1.29, 1.82) is 0 Å². The van der Waals surface area contributed by atoms with E-state index in [-0.39, 0.29) is 5.91 Å². The first kappa shape index (κ1) is 16.8. The van der Waals surface area contributed by atoms with Crippen molar-refractivity contribution < 1.29 is 9.21 Å². The number of benzene rings is 1. The lowest BCUT2D eigenvalue weighted by atomic mass is 10.0. The zero-order valence-electron chi connectivity index (χ0n) is 14.8. The number of carbonyl (C=O) groups excluding carboxylic acids is 1. The van der Waals surface area contributed by atoms with Crippen LogP contribution in [0.1, 0.15) is 40.3 Å². The first-order chi connectivity index (χ1) is 11.5. The van der Waals surface area contributed by atoms with E-state index in [9.17, 15) is 4.79 Å². The minimum absolute atomic E-state index is 0.0263. The second-order valence-electron chi connectivity index (χ2n) is 6.82. The van der Waals surface area contributed by atoms with E-state index < -0.39 is 0 Å². The second-order valence-corrected chi connectivity index (χ2v) is 6.82. The molecule has 0 aliphatic carbocycles. The van der Waals surface area contributed by atoms with Crippen LogP contribution < -0.4 is 0 Å². The van der Waals surface area contributed by atoms with Gasteiger partial charge >= 0.3 is 0 Å². The number of hydrogen-bond acceptors (Lipinski definition) is 3. The van der Waals surface area contributed by atoms with E-state index in [0.717, 1.165) is 43.8 Å². The smallest absolute Gasteiger partial charge is 0.289 e. The molecule has 128 valence electrons. The fraction of sp³-hybridized carbons (Fsp3) is 0.450.